The summed E-state index contributed by atoms with van der Waals surface area (Å²) in [6, 6.07) is 2.11. The first-order chi connectivity index (χ1) is 8.99. The van der Waals surface area contributed by atoms with E-state index >= 15 is 0 Å². The molecule has 98 valence electrons. The van der Waals surface area contributed by atoms with Crippen LogP contribution in [0.4, 0.5) is 0 Å². The smallest absolute Gasteiger partial charge is 0.190 e. The summed E-state index contributed by atoms with van der Waals surface area (Å²) in [5, 5.41) is 13.4. The zero-order chi connectivity index (χ0) is 13.7. The first-order valence-corrected chi connectivity index (χ1v) is 7.14. The maximum Gasteiger partial charge on any atom is 0.195 e. The van der Waals surface area contributed by atoms with Crippen molar-refractivity contribution in [2.45, 2.75) is 27.7 Å². The van der Waals surface area contributed by atoms with Gasteiger partial charge in [-0.05, 0) is 44.9 Å². The lowest BCUT2D eigenvalue weighted by Crippen LogP contribution is -1.99. The molecule has 0 aliphatic heterocycles. The van der Waals surface area contributed by atoms with Gasteiger partial charge in [0, 0.05) is 10.4 Å². The second kappa shape index (κ2) is 4.28. The van der Waals surface area contributed by atoms with E-state index in [0.717, 1.165) is 27.5 Å². The van der Waals surface area contributed by atoms with Gasteiger partial charge < -0.3 is 0 Å². The molecule has 0 saturated heterocycles. The highest BCUT2D eigenvalue weighted by Crippen LogP contribution is 2.30. The Hall–Kier alpha value is -1.46. The summed E-state index contributed by atoms with van der Waals surface area (Å²) in [6.45, 7) is 8.12. The predicted octanol–water partition coefficient (Wildman–Crippen LogP) is 3.74. The van der Waals surface area contributed by atoms with Crippen LogP contribution in [0.3, 0.4) is 0 Å². The van der Waals surface area contributed by atoms with Crippen LogP contribution in [0.15, 0.2) is 6.07 Å². The van der Waals surface area contributed by atoms with E-state index in [1.165, 1.54) is 10.4 Å². The normalized spacial score (nSPS) is 11.4. The lowest BCUT2D eigenvalue weighted by molar-refractivity contribution is 0.921. The zero-order valence-electron chi connectivity index (χ0n) is 11.2. The summed E-state index contributed by atoms with van der Waals surface area (Å²) >= 11 is 7.86. The van der Waals surface area contributed by atoms with Crippen LogP contribution >= 0.6 is 22.9 Å². The molecule has 0 aliphatic carbocycles. The predicted molar refractivity (Wildman–Crippen MR) is 78.1 cm³/mol. The Labute approximate surface area is 120 Å². The number of nitrogens with zero attached hydrogens (tertiary/aromatic N) is 4. The third-order valence-corrected chi connectivity index (χ3v) is 4.93. The van der Waals surface area contributed by atoms with Crippen LogP contribution in [0.2, 0.25) is 5.15 Å². The van der Waals surface area contributed by atoms with E-state index in [9.17, 15) is 0 Å². The molecule has 0 spiro atoms. The molecule has 0 atom stereocenters. The standard InChI is InChI=1S/C13H13ClN4S/c1-6-5-10(19-9(6)4)13-16-15-12-8(3)7(2)11(14)17-18(12)13/h5H,1-4H3. The quantitative estimate of drug-likeness (QED) is 0.686. The number of halogens is 1. The van der Waals surface area contributed by atoms with Gasteiger partial charge in [-0.2, -0.15) is 9.61 Å². The molecule has 3 aromatic rings. The van der Waals surface area contributed by atoms with Gasteiger partial charge in [-0.1, -0.05) is 11.6 Å². The minimum absolute atomic E-state index is 0.496. The molecular weight excluding hydrogens is 280 g/mol. The zero-order valence-corrected chi connectivity index (χ0v) is 12.7. The van der Waals surface area contributed by atoms with E-state index in [2.05, 4.69) is 35.2 Å². The third kappa shape index (κ3) is 1.84. The van der Waals surface area contributed by atoms with Gasteiger partial charge in [0.15, 0.2) is 16.6 Å². The van der Waals surface area contributed by atoms with Gasteiger partial charge in [-0.25, -0.2) is 0 Å². The molecule has 6 heteroatoms. The van der Waals surface area contributed by atoms with E-state index in [1.807, 2.05) is 13.8 Å². The fourth-order valence-electron chi connectivity index (χ4n) is 1.93. The molecule has 0 saturated carbocycles. The molecule has 3 aromatic heterocycles. The minimum atomic E-state index is 0.496. The molecule has 3 rings (SSSR count). The number of thiophene rings is 1. The summed E-state index contributed by atoms with van der Waals surface area (Å²) in [4.78, 5) is 2.34. The minimum Gasteiger partial charge on any atom is -0.190 e. The molecule has 0 aliphatic rings. The van der Waals surface area contributed by atoms with E-state index < -0.39 is 0 Å². The Bertz CT molecular complexity index is 768. The maximum absolute atomic E-state index is 6.16. The van der Waals surface area contributed by atoms with Crippen LogP contribution in [0.1, 0.15) is 21.6 Å². The molecule has 19 heavy (non-hydrogen) atoms. The summed E-state index contributed by atoms with van der Waals surface area (Å²) in [6.07, 6.45) is 0. The highest BCUT2D eigenvalue weighted by atomic mass is 35.5. The summed E-state index contributed by atoms with van der Waals surface area (Å²) in [5.41, 5.74) is 3.99. The van der Waals surface area contributed by atoms with Crippen LogP contribution in [-0.2, 0) is 0 Å². The number of rotatable bonds is 1. The molecule has 0 radical (unpaired) electrons. The van der Waals surface area contributed by atoms with E-state index in [4.69, 9.17) is 11.6 Å². The third-order valence-electron chi connectivity index (χ3n) is 3.42. The molecule has 0 N–H and O–H groups in total. The summed E-state index contributed by atoms with van der Waals surface area (Å²) < 4.78 is 1.73. The van der Waals surface area contributed by atoms with Crippen molar-refractivity contribution in [3.63, 3.8) is 0 Å². The topological polar surface area (TPSA) is 43.1 Å². The first-order valence-electron chi connectivity index (χ1n) is 5.94. The van der Waals surface area contributed by atoms with Crippen molar-refractivity contribution < 1.29 is 0 Å². The van der Waals surface area contributed by atoms with Crippen LogP contribution in [0.25, 0.3) is 16.3 Å². The number of aryl methyl sites for hydroxylation is 3. The number of fused-ring (bicyclic) bond motifs is 1. The second-order valence-electron chi connectivity index (χ2n) is 4.65. The van der Waals surface area contributed by atoms with Gasteiger partial charge in [0.1, 0.15) is 0 Å². The highest BCUT2D eigenvalue weighted by Gasteiger charge is 2.16. The van der Waals surface area contributed by atoms with Gasteiger partial charge in [-0.3, -0.25) is 0 Å². The van der Waals surface area contributed by atoms with E-state index in [0.29, 0.717) is 5.15 Å². The molecule has 0 unspecified atom stereocenters. The summed E-state index contributed by atoms with van der Waals surface area (Å²) in [5.74, 6) is 0.751. The van der Waals surface area contributed by atoms with Crippen LogP contribution in [0, 0.1) is 27.7 Å². The van der Waals surface area contributed by atoms with Crippen molar-refractivity contribution in [1.29, 1.82) is 0 Å². The van der Waals surface area contributed by atoms with E-state index in [1.54, 1.807) is 15.9 Å². The van der Waals surface area contributed by atoms with Crippen LogP contribution < -0.4 is 0 Å². The second-order valence-corrected chi connectivity index (χ2v) is 6.26. The molecule has 0 bridgehead atoms. The fourth-order valence-corrected chi connectivity index (χ4v) is 3.15. The molecule has 0 amide bonds. The fraction of sp³-hybridized carbons (Fsp3) is 0.308. The monoisotopic (exact) mass is 292 g/mol. The van der Waals surface area contributed by atoms with Gasteiger partial charge >= 0.3 is 0 Å². The first kappa shape index (κ1) is 12.6. The SMILES string of the molecule is Cc1cc(-c2nnc3c(C)c(C)c(Cl)nn23)sc1C. The molecule has 3 heterocycles. The van der Waals surface area contributed by atoms with Crippen LogP contribution in [0.5, 0.6) is 0 Å². The van der Waals surface area contributed by atoms with E-state index in [-0.39, 0.29) is 0 Å². The van der Waals surface area contributed by atoms with Crippen molar-refractivity contribution in [3.8, 4) is 10.7 Å². The molecular formula is C13H13ClN4S. The number of aromatic nitrogens is 4. The maximum atomic E-state index is 6.16. The number of hydrogen-bond donors (Lipinski definition) is 0. The van der Waals surface area contributed by atoms with Crippen molar-refractivity contribution in [2.75, 3.05) is 0 Å². The largest absolute Gasteiger partial charge is 0.195 e. The Morgan fingerprint density at radius 1 is 1.11 bits per heavy atom. The average molecular weight is 293 g/mol. The number of hydrogen-bond acceptors (Lipinski definition) is 4. The van der Waals surface area contributed by atoms with Gasteiger partial charge in [-0.15, -0.1) is 21.5 Å². The molecule has 0 fully saturated rings. The average Bonchev–Trinajstić information content (AvgIpc) is 2.91. The van der Waals surface area contributed by atoms with Crippen molar-refractivity contribution in [2.24, 2.45) is 0 Å². The molecule has 4 nitrogen and oxygen atoms in total. The Morgan fingerprint density at radius 3 is 2.47 bits per heavy atom. The Balaban J connectivity index is 2.31. The summed E-state index contributed by atoms with van der Waals surface area (Å²) in [7, 11) is 0. The van der Waals surface area contributed by atoms with Crippen LogP contribution in [-0.4, -0.2) is 19.8 Å². The Kier molecular flexibility index (Phi) is 2.83. The van der Waals surface area contributed by atoms with Crippen molar-refractivity contribution in [1.82, 2.24) is 19.8 Å². The lowest BCUT2D eigenvalue weighted by Gasteiger charge is -2.04. The van der Waals surface area contributed by atoms with Gasteiger partial charge in [0.25, 0.3) is 0 Å². The lowest BCUT2D eigenvalue weighted by atomic mass is 10.2. The molecule has 0 aromatic carbocycles. The Morgan fingerprint density at radius 2 is 1.84 bits per heavy atom. The van der Waals surface area contributed by atoms with Crippen molar-refractivity contribution >= 4 is 28.6 Å². The van der Waals surface area contributed by atoms with Gasteiger partial charge in [0.05, 0.1) is 4.88 Å². The highest BCUT2D eigenvalue weighted by molar-refractivity contribution is 7.15. The van der Waals surface area contributed by atoms with Crippen molar-refractivity contribution in [3.05, 3.63) is 32.8 Å². The van der Waals surface area contributed by atoms with Gasteiger partial charge in [0.2, 0.25) is 0 Å².